The van der Waals surface area contributed by atoms with Crippen LogP contribution in [0.1, 0.15) is 30.6 Å². The fourth-order valence-electron chi connectivity index (χ4n) is 2.06. The van der Waals surface area contributed by atoms with Gasteiger partial charge in [0.1, 0.15) is 0 Å². The van der Waals surface area contributed by atoms with Crippen molar-refractivity contribution in [3.63, 3.8) is 0 Å². The second-order valence-corrected chi connectivity index (χ2v) is 5.65. The van der Waals surface area contributed by atoms with E-state index in [-0.39, 0.29) is 0 Å². The lowest BCUT2D eigenvalue weighted by Gasteiger charge is -2.15. The summed E-state index contributed by atoms with van der Waals surface area (Å²) >= 11 is 7.07. The van der Waals surface area contributed by atoms with Crippen molar-refractivity contribution < 1.29 is 0 Å². The fourth-order valence-corrected chi connectivity index (χ4v) is 3.04. The Balaban J connectivity index is 1.60. The highest BCUT2D eigenvalue weighted by Gasteiger charge is 2.14. The number of nitrogens with one attached hydrogen (secondary N) is 2. The van der Waals surface area contributed by atoms with Gasteiger partial charge in [0.25, 0.3) is 0 Å². The number of thiocarbonyl (C=S) groups is 1. The van der Waals surface area contributed by atoms with E-state index in [0.717, 1.165) is 18.1 Å². The molecule has 2 rings (SSSR count). The smallest absolute Gasteiger partial charge is 0.166 e. The SMILES string of the molecule is S=C(NCCc1cccs1)NC1CCCC1. The topological polar surface area (TPSA) is 24.1 Å². The Kier molecular flexibility index (Phi) is 4.60. The van der Waals surface area contributed by atoms with Crippen LogP contribution in [0.15, 0.2) is 17.5 Å². The number of rotatable bonds is 4. The van der Waals surface area contributed by atoms with Crippen LogP contribution < -0.4 is 10.6 Å². The van der Waals surface area contributed by atoms with Gasteiger partial charge in [-0.1, -0.05) is 18.9 Å². The molecule has 0 saturated heterocycles. The zero-order valence-electron chi connectivity index (χ0n) is 9.37. The van der Waals surface area contributed by atoms with E-state index in [1.165, 1.54) is 30.6 Å². The van der Waals surface area contributed by atoms with Crippen LogP contribution in [0.4, 0.5) is 0 Å². The first-order chi connectivity index (χ1) is 7.84. The van der Waals surface area contributed by atoms with Gasteiger partial charge in [-0.25, -0.2) is 0 Å². The largest absolute Gasteiger partial charge is 0.362 e. The molecule has 0 aromatic carbocycles. The molecule has 0 aliphatic heterocycles. The number of hydrogen-bond donors (Lipinski definition) is 2. The molecule has 2 nitrogen and oxygen atoms in total. The van der Waals surface area contributed by atoms with Gasteiger partial charge in [-0.3, -0.25) is 0 Å². The Hall–Kier alpha value is -0.610. The summed E-state index contributed by atoms with van der Waals surface area (Å²) in [6.45, 7) is 0.930. The highest BCUT2D eigenvalue weighted by atomic mass is 32.1. The lowest BCUT2D eigenvalue weighted by atomic mass is 10.2. The molecule has 4 heteroatoms. The Morgan fingerprint density at radius 3 is 2.94 bits per heavy atom. The zero-order valence-corrected chi connectivity index (χ0v) is 11.0. The molecule has 0 amide bonds. The number of hydrogen-bond acceptors (Lipinski definition) is 2. The van der Waals surface area contributed by atoms with Crippen molar-refractivity contribution in [3.8, 4) is 0 Å². The lowest BCUT2D eigenvalue weighted by Crippen LogP contribution is -2.41. The van der Waals surface area contributed by atoms with Gasteiger partial charge in [-0.05, 0) is 42.9 Å². The van der Waals surface area contributed by atoms with E-state index in [1.54, 1.807) is 11.3 Å². The van der Waals surface area contributed by atoms with Crippen molar-refractivity contribution in [2.45, 2.75) is 38.1 Å². The van der Waals surface area contributed by atoms with Gasteiger partial charge in [-0.15, -0.1) is 11.3 Å². The molecule has 0 unspecified atom stereocenters. The molecule has 1 aromatic rings. The summed E-state index contributed by atoms with van der Waals surface area (Å²) in [5, 5.41) is 9.60. The Bertz CT molecular complexity index is 316. The molecule has 1 heterocycles. The van der Waals surface area contributed by atoms with Gasteiger partial charge in [0, 0.05) is 17.5 Å². The van der Waals surface area contributed by atoms with Crippen LogP contribution in [0, 0.1) is 0 Å². The molecular weight excluding hydrogens is 236 g/mol. The zero-order chi connectivity index (χ0) is 11.2. The molecule has 0 spiro atoms. The fraction of sp³-hybridized carbons (Fsp3) is 0.583. The Morgan fingerprint density at radius 2 is 2.25 bits per heavy atom. The van der Waals surface area contributed by atoms with Crippen molar-refractivity contribution in [1.29, 1.82) is 0 Å². The first kappa shape index (κ1) is 11.9. The molecule has 0 atom stereocenters. The predicted molar refractivity (Wildman–Crippen MR) is 74.0 cm³/mol. The van der Waals surface area contributed by atoms with E-state index in [4.69, 9.17) is 12.2 Å². The van der Waals surface area contributed by atoms with Gasteiger partial charge in [0.2, 0.25) is 0 Å². The summed E-state index contributed by atoms with van der Waals surface area (Å²) in [4.78, 5) is 1.41. The van der Waals surface area contributed by atoms with Crippen LogP contribution >= 0.6 is 23.6 Å². The summed E-state index contributed by atoms with van der Waals surface area (Å²) in [6, 6.07) is 4.87. The Labute approximate surface area is 106 Å². The molecule has 2 N–H and O–H groups in total. The molecule has 16 heavy (non-hydrogen) atoms. The third-order valence-electron chi connectivity index (χ3n) is 2.93. The van der Waals surface area contributed by atoms with Crippen LogP contribution in [0.2, 0.25) is 0 Å². The quantitative estimate of drug-likeness (QED) is 0.808. The normalized spacial score (nSPS) is 16.2. The monoisotopic (exact) mass is 254 g/mol. The van der Waals surface area contributed by atoms with E-state index in [9.17, 15) is 0 Å². The van der Waals surface area contributed by atoms with E-state index in [1.807, 2.05) is 0 Å². The molecule has 88 valence electrons. The molecule has 1 aromatic heterocycles. The maximum Gasteiger partial charge on any atom is 0.166 e. The van der Waals surface area contributed by atoms with Gasteiger partial charge in [-0.2, -0.15) is 0 Å². The summed E-state index contributed by atoms with van der Waals surface area (Å²) in [5.41, 5.74) is 0. The highest BCUT2D eigenvalue weighted by Crippen LogP contribution is 2.17. The van der Waals surface area contributed by atoms with Gasteiger partial charge in [0.05, 0.1) is 0 Å². The van der Waals surface area contributed by atoms with E-state index >= 15 is 0 Å². The predicted octanol–water partition coefficient (Wildman–Crippen LogP) is 2.70. The molecule has 1 fully saturated rings. The first-order valence-electron chi connectivity index (χ1n) is 5.91. The minimum Gasteiger partial charge on any atom is -0.362 e. The van der Waals surface area contributed by atoms with Crippen molar-refractivity contribution in [2.75, 3.05) is 6.54 Å². The average Bonchev–Trinajstić information content (AvgIpc) is 2.90. The molecule has 1 aliphatic carbocycles. The van der Waals surface area contributed by atoms with E-state index in [0.29, 0.717) is 6.04 Å². The van der Waals surface area contributed by atoms with Crippen LogP contribution in [-0.4, -0.2) is 17.7 Å². The van der Waals surface area contributed by atoms with Gasteiger partial charge < -0.3 is 10.6 Å². The second kappa shape index (κ2) is 6.21. The second-order valence-electron chi connectivity index (χ2n) is 4.21. The maximum atomic E-state index is 5.27. The molecular formula is C12H18N2S2. The number of thiophene rings is 1. The van der Waals surface area contributed by atoms with Crippen LogP contribution in [-0.2, 0) is 6.42 Å². The van der Waals surface area contributed by atoms with Crippen molar-refractivity contribution in [3.05, 3.63) is 22.4 Å². The van der Waals surface area contributed by atoms with E-state index in [2.05, 4.69) is 28.1 Å². The van der Waals surface area contributed by atoms with Crippen LogP contribution in [0.5, 0.6) is 0 Å². The third-order valence-corrected chi connectivity index (χ3v) is 4.13. The highest BCUT2D eigenvalue weighted by molar-refractivity contribution is 7.80. The minimum absolute atomic E-state index is 0.613. The maximum absolute atomic E-state index is 5.27. The summed E-state index contributed by atoms with van der Waals surface area (Å²) in [6.07, 6.45) is 6.29. The van der Waals surface area contributed by atoms with Crippen molar-refractivity contribution >= 4 is 28.7 Å². The third kappa shape index (κ3) is 3.76. The standard InChI is InChI=1S/C12H18N2S2/c15-12(14-10-4-1-2-5-10)13-8-7-11-6-3-9-16-11/h3,6,9-10H,1-2,4-5,7-8H2,(H2,13,14,15). The van der Waals surface area contributed by atoms with Gasteiger partial charge in [0.15, 0.2) is 5.11 Å². The average molecular weight is 254 g/mol. The molecule has 1 saturated carbocycles. The Morgan fingerprint density at radius 1 is 1.44 bits per heavy atom. The van der Waals surface area contributed by atoms with Crippen molar-refractivity contribution in [1.82, 2.24) is 10.6 Å². The summed E-state index contributed by atoms with van der Waals surface area (Å²) < 4.78 is 0. The minimum atomic E-state index is 0.613. The van der Waals surface area contributed by atoms with Crippen LogP contribution in [0.25, 0.3) is 0 Å². The lowest BCUT2D eigenvalue weighted by molar-refractivity contribution is 0.621. The van der Waals surface area contributed by atoms with E-state index < -0.39 is 0 Å². The first-order valence-corrected chi connectivity index (χ1v) is 7.20. The van der Waals surface area contributed by atoms with Crippen molar-refractivity contribution in [2.24, 2.45) is 0 Å². The summed E-state index contributed by atoms with van der Waals surface area (Å²) in [5.74, 6) is 0. The summed E-state index contributed by atoms with van der Waals surface area (Å²) in [7, 11) is 0. The molecule has 1 aliphatic rings. The van der Waals surface area contributed by atoms with Crippen LogP contribution in [0.3, 0.4) is 0 Å². The molecule has 0 radical (unpaired) electrons. The molecule has 0 bridgehead atoms. The van der Waals surface area contributed by atoms with Gasteiger partial charge >= 0.3 is 0 Å².